The van der Waals surface area contributed by atoms with Gasteiger partial charge < -0.3 is 20.2 Å². The normalized spacial score (nSPS) is 16.9. The van der Waals surface area contributed by atoms with Crippen molar-refractivity contribution in [2.75, 3.05) is 0 Å². The molecule has 10 heteroatoms. The first-order chi connectivity index (χ1) is 11.4. The fraction of sp³-hybridized carbons (Fsp3) is 0.667. The van der Waals surface area contributed by atoms with Crippen LogP contribution in [-0.4, -0.2) is 52.5 Å². The minimum atomic E-state index is -1.13. The smallest absolute Gasteiger partial charge is 0.408 e. The van der Waals surface area contributed by atoms with Gasteiger partial charge in [0.05, 0.1) is 0 Å². The maximum Gasteiger partial charge on any atom is 0.408 e. The topological polar surface area (TPSA) is 131 Å². The Kier molecular flexibility index (Phi) is 6.49. The van der Waals surface area contributed by atoms with Gasteiger partial charge in [-0.25, -0.2) is 9.59 Å². The highest BCUT2D eigenvalue weighted by Crippen LogP contribution is 2.12. The summed E-state index contributed by atoms with van der Waals surface area (Å²) in [5, 5.41) is 5.04. The van der Waals surface area contributed by atoms with Gasteiger partial charge in [0.1, 0.15) is 17.7 Å². The third-order valence-corrected chi connectivity index (χ3v) is 3.03. The Morgan fingerprint density at radius 2 is 1.52 bits per heavy atom. The Morgan fingerprint density at radius 1 is 1.00 bits per heavy atom. The third kappa shape index (κ3) is 6.40. The molecule has 1 aliphatic rings. The third-order valence-electron chi connectivity index (χ3n) is 3.03. The van der Waals surface area contributed by atoms with Crippen molar-refractivity contribution >= 4 is 29.8 Å². The van der Waals surface area contributed by atoms with Gasteiger partial charge in [-0.2, -0.15) is 0 Å². The number of carbonyl (C=O) groups is 5. The number of nitrogens with one attached hydrogen (secondary N) is 2. The number of alkyl carbamates (subject to hydrolysis) is 1. The van der Waals surface area contributed by atoms with Crippen LogP contribution in [0.3, 0.4) is 0 Å². The van der Waals surface area contributed by atoms with E-state index in [-0.39, 0.29) is 12.8 Å². The summed E-state index contributed by atoms with van der Waals surface area (Å²) in [4.78, 5) is 62.9. The van der Waals surface area contributed by atoms with Gasteiger partial charge in [0.25, 0.3) is 11.8 Å². The highest BCUT2D eigenvalue weighted by atomic mass is 16.7. The molecule has 0 radical (unpaired) electrons. The minimum absolute atomic E-state index is 0.0241. The zero-order valence-corrected chi connectivity index (χ0v) is 14.9. The summed E-state index contributed by atoms with van der Waals surface area (Å²) in [7, 11) is 0. The number of ether oxygens (including phenoxy) is 1. The van der Waals surface area contributed by atoms with Crippen LogP contribution in [0.4, 0.5) is 4.79 Å². The van der Waals surface area contributed by atoms with Gasteiger partial charge >= 0.3 is 12.1 Å². The second-order valence-electron chi connectivity index (χ2n) is 6.59. The first-order valence-corrected chi connectivity index (χ1v) is 7.78. The van der Waals surface area contributed by atoms with Crippen LogP contribution in [-0.2, 0) is 28.8 Å². The van der Waals surface area contributed by atoms with Gasteiger partial charge in [-0.3, -0.25) is 14.4 Å². The monoisotopic (exact) mass is 357 g/mol. The predicted molar refractivity (Wildman–Crippen MR) is 83.6 cm³/mol. The van der Waals surface area contributed by atoms with Crippen LogP contribution in [0.25, 0.3) is 0 Å². The molecule has 10 nitrogen and oxygen atoms in total. The number of nitrogens with zero attached hydrogens (tertiary/aromatic N) is 1. The second kappa shape index (κ2) is 7.95. The number of amides is 4. The summed E-state index contributed by atoms with van der Waals surface area (Å²) in [6.45, 7) is 7.76. The summed E-state index contributed by atoms with van der Waals surface area (Å²) in [6, 6.07) is -2.10. The summed E-state index contributed by atoms with van der Waals surface area (Å²) < 4.78 is 5.02. The second-order valence-corrected chi connectivity index (χ2v) is 6.59. The van der Waals surface area contributed by atoms with Crippen molar-refractivity contribution in [1.82, 2.24) is 15.7 Å². The molecule has 140 valence electrons. The van der Waals surface area contributed by atoms with Crippen LogP contribution in [0.2, 0.25) is 0 Å². The molecule has 25 heavy (non-hydrogen) atoms. The first kappa shape index (κ1) is 20.4. The first-order valence-electron chi connectivity index (χ1n) is 7.78. The average molecular weight is 357 g/mol. The zero-order valence-electron chi connectivity index (χ0n) is 14.9. The van der Waals surface area contributed by atoms with Gasteiger partial charge in [-0.05, 0) is 34.6 Å². The molecule has 2 N–H and O–H groups in total. The number of hydrogen-bond acceptors (Lipinski definition) is 7. The number of imide groups is 1. The quantitative estimate of drug-likeness (QED) is 0.663. The molecule has 1 aliphatic heterocycles. The number of hydrogen-bond donors (Lipinski definition) is 2. The number of rotatable bonds is 5. The molecule has 0 saturated carbocycles. The van der Waals surface area contributed by atoms with E-state index in [0.29, 0.717) is 5.06 Å². The van der Waals surface area contributed by atoms with Crippen molar-refractivity contribution in [2.45, 2.75) is 65.1 Å². The predicted octanol–water partition coefficient (Wildman–Crippen LogP) is 0.0115. The van der Waals surface area contributed by atoms with E-state index in [1.54, 1.807) is 20.8 Å². The van der Waals surface area contributed by atoms with Crippen molar-refractivity contribution in [1.29, 1.82) is 0 Å². The Labute approximate surface area is 145 Å². The fourth-order valence-electron chi connectivity index (χ4n) is 1.77. The van der Waals surface area contributed by atoms with Crippen molar-refractivity contribution in [3.05, 3.63) is 0 Å². The van der Waals surface area contributed by atoms with Crippen LogP contribution in [0, 0.1) is 0 Å². The highest BCUT2D eigenvalue weighted by Gasteiger charge is 2.34. The molecule has 4 amide bonds. The lowest BCUT2D eigenvalue weighted by Gasteiger charge is -2.22. The summed E-state index contributed by atoms with van der Waals surface area (Å²) in [5.74, 6) is -2.86. The van der Waals surface area contributed by atoms with Gasteiger partial charge in [-0.1, -0.05) is 0 Å². The van der Waals surface area contributed by atoms with E-state index < -0.39 is 47.5 Å². The van der Waals surface area contributed by atoms with E-state index >= 15 is 0 Å². The molecular weight excluding hydrogens is 334 g/mol. The van der Waals surface area contributed by atoms with Crippen molar-refractivity contribution in [3.8, 4) is 0 Å². The molecule has 0 spiro atoms. The van der Waals surface area contributed by atoms with Crippen molar-refractivity contribution < 1.29 is 33.5 Å². The molecule has 1 rings (SSSR count). The number of carbonyl (C=O) groups excluding carboxylic acids is 5. The molecule has 0 aromatic rings. The lowest BCUT2D eigenvalue weighted by molar-refractivity contribution is -0.198. The maximum absolute atomic E-state index is 12.0. The van der Waals surface area contributed by atoms with E-state index in [4.69, 9.17) is 9.57 Å². The molecule has 1 fully saturated rings. The van der Waals surface area contributed by atoms with Crippen LogP contribution < -0.4 is 10.6 Å². The van der Waals surface area contributed by atoms with Crippen LogP contribution in [0.1, 0.15) is 47.5 Å². The largest absolute Gasteiger partial charge is 0.444 e. The lowest BCUT2D eigenvalue weighted by atomic mass is 10.2. The number of hydroxylamine groups is 2. The van der Waals surface area contributed by atoms with E-state index in [1.807, 2.05) is 0 Å². The van der Waals surface area contributed by atoms with E-state index in [0.717, 1.165) is 0 Å². The van der Waals surface area contributed by atoms with E-state index in [1.165, 1.54) is 13.8 Å². The van der Waals surface area contributed by atoms with Crippen molar-refractivity contribution in [3.63, 3.8) is 0 Å². The summed E-state index contributed by atoms with van der Waals surface area (Å²) in [5.41, 5.74) is -0.716. The maximum atomic E-state index is 12.0. The molecule has 0 unspecified atom stereocenters. The SMILES string of the molecule is C[C@H](NC(=O)OC(C)(C)C)C(=O)N[C@@H](C)C(=O)ON1C(=O)CCC1=O. The van der Waals surface area contributed by atoms with Gasteiger partial charge in [0.2, 0.25) is 5.91 Å². The Hall–Kier alpha value is -2.65. The fourth-order valence-corrected chi connectivity index (χ4v) is 1.77. The van der Waals surface area contributed by atoms with Crippen LogP contribution in [0.5, 0.6) is 0 Å². The molecule has 0 aromatic heterocycles. The Bertz CT molecular complexity index is 566. The average Bonchev–Trinajstić information content (AvgIpc) is 2.76. The minimum Gasteiger partial charge on any atom is -0.444 e. The Balaban J connectivity index is 2.49. The van der Waals surface area contributed by atoms with Crippen LogP contribution >= 0.6 is 0 Å². The Morgan fingerprint density at radius 3 is 2.00 bits per heavy atom. The highest BCUT2D eigenvalue weighted by molar-refractivity contribution is 6.02. The lowest BCUT2D eigenvalue weighted by Crippen LogP contribution is -2.51. The van der Waals surface area contributed by atoms with Crippen molar-refractivity contribution in [2.24, 2.45) is 0 Å². The van der Waals surface area contributed by atoms with Gasteiger partial charge in [0, 0.05) is 12.8 Å². The molecule has 0 bridgehead atoms. The standard InChI is InChI=1S/C15H23N3O7/c1-8(17-14(23)24-15(3,4)5)12(21)16-9(2)13(22)25-18-10(19)6-7-11(18)20/h8-9H,6-7H2,1-5H3,(H,16,21)(H,17,23)/t8-,9-/m0/s1. The molecule has 2 atom stereocenters. The molecule has 0 aliphatic carbocycles. The molecule has 1 saturated heterocycles. The zero-order chi connectivity index (χ0) is 19.4. The molecule has 0 aromatic carbocycles. The van der Waals surface area contributed by atoms with Crippen LogP contribution in [0.15, 0.2) is 0 Å². The molecule has 1 heterocycles. The van der Waals surface area contributed by atoms with Gasteiger partial charge in [0.15, 0.2) is 0 Å². The summed E-state index contributed by atoms with van der Waals surface area (Å²) >= 11 is 0. The van der Waals surface area contributed by atoms with Gasteiger partial charge in [-0.15, -0.1) is 5.06 Å². The van der Waals surface area contributed by atoms with E-state index in [2.05, 4.69) is 10.6 Å². The molecular formula is C15H23N3O7. The summed E-state index contributed by atoms with van der Waals surface area (Å²) in [6.07, 6.45) is -0.827. The van der Waals surface area contributed by atoms with E-state index in [9.17, 15) is 24.0 Å².